The van der Waals surface area contributed by atoms with Gasteiger partial charge in [-0.25, -0.2) is 0 Å². The quantitative estimate of drug-likeness (QED) is 0.129. The summed E-state index contributed by atoms with van der Waals surface area (Å²) < 4.78 is 21.9. The van der Waals surface area contributed by atoms with Gasteiger partial charge in [-0.05, 0) is 18.6 Å². The fraction of sp³-hybridized carbons (Fsp3) is 0.500. The first-order chi connectivity index (χ1) is 19.6. The highest BCUT2D eigenvalue weighted by Gasteiger charge is 2.51. The zero-order valence-electron chi connectivity index (χ0n) is 22.0. The van der Waals surface area contributed by atoms with Gasteiger partial charge < -0.3 is 54.7 Å². The van der Waals surface area contributed by atoms with E-state index in [0.29, 0.717) is 16.7 Å². The van der Waals surface area contributed by atoms with E-state index in [4.69, 9.17) is 18.9 Å². The molecule has 11 atom stereocenters. The van der Waals surface area contributed by atoms with Crippen molar-refractivity contribution < 1.29 is 64.3 Å². The first kappa shape index (κ1) is 31.1. The van der Waals surface area contributed by atoms with Crippen LogP contribution < -0.4 is 0 Å². The Kier molecular flexibility index (Phi) is 10.2. The Morgan fingerprint density at radius 2 is 1.34 bits per heavy atom. The fourth-order valence-electron chi connectivity index (χ4n) is 4.69. The van der Waals surface area contributed by atoms with E-state index < -0.39 is 86.5 Å². The lowest BCUT2D eigenvalue weighted by Gasteiger charge is -2.45. The predicted octanol–water partition coefficient (Wildman–Crippen LogP) is -1.81. The van der Waals surface area contributed by atoms with Crippen LogP contribution in [-0.2, 0) is 23.7 Å². The van der Waals surface area contributed by atoms with Gasteiger partial charge in [0.25, 0.3) is 0 Å². The Morgan fingerprint density at radius 3 is 1.98 bits per heavy atom. The Bertz CT molecular complexity index is 1170. The molecule has 2 aliphatic heterocycles. The molecule has 4 rings (SSSR count). The Morgan fingerprint density at radius 1 is 0.756 bits per heavy atom. The van der Waals surface area contributed by atoms with Crippen LogP contribution in [-0.4, -0.2) is 122 Å². The van der Waals surface area contributed by atoms with Crippen molar-refractivity contribution in [3.63, 3.8) is 0 Å². The third-order valence-electron chi connectivity index (χ3n) is 7.23. The van der Waals surface area contributed by atoms with Gasteiger partial charge in [0.05, 0.1) is 19.1 Å². The van der Waals surface area contributed by atoms with Gasteiger partial charge >= 0.3 is 5.97 Å². The Labute approximate surface area is 235 Å². The van der Waals surface area contributed by atoms with Crippen LogP contribution in [0.1, 0.15) is 34.3 Å². The summed E-state index contributed by atoms with van der Waals surface area (Å²) in [7, 11) is 0. The van der Waals surface area contributed by atoms with E-state index in [9.17, 15) is 45.3 Å². The van der Waals surface area contributed by atoms with Gasteiger partial charge in [-0.3, -0.25) is 9.59 Å². The molecule has 0 radical (unpaired) electrons. The summed E-state index contributed by atoms with van der Waals surface area (Å²) in [5.74, 6) is -2.08. The Hall–Kier alpha value is -2.82. The molecule has 2 heterocycles. The molecule has 41 heavy (non-hydrogen) atoms. The molecule has 13 heteroatoms. The molecule has 0 aliphatic carbocycles. The third kappa shape index (κ3) is 6.65. The molecule has 0 saturated carbocycles. The summed E-state index contributed by atoms with van der Waals surface area (Å²) in [6, 6.07) is 15.0. The lowest BCUT2D eigenvalue weighted by molar-refractivity contribution is -0.362. The van der Waals surface area contributed by atoms with E-state index in [1.54, 1.807) is 54.6 Å². The van der Waals surface area contributed by atoms with E-state index >= 15 is 0 Å². The maximum absolute atomic E-state index is 13.2. The number of benzene rings is 2. The standard InChI is InChI=1S/C28H34O13/c1-13(15-8-5-9-16(10-15)19(31)14-6-3-2-4-7-14)26(37)41-28-25(23(35)21(33)18(12-30)39-28)40-27-24(36)22(34)20(32)17(11-29)38-27/h2-10,13,17-18,20-25,27-30,32-36H,11-12H2,1H3. The second-order valence-electron chi connectivity index (χ2n) is 9.98. The summed E-state index contributed by atoms with van der Waals surface area (Å²) >= 11 is 0. The summed E-state index contributed by atoms with van der Waals surface area (Å²) in [5, 5.41) is 70.7. The zero-order valence-corrected chi connectivity index (χ0v) is 22.0. The lowest BCUT2D eigenvalue weighted by atomic mass is 9.95. The number of aliphatic hydroxyl groups excluding tert-OH is 7. The van der Waals surface area contributed by atoms with Crippen LogP contribution in [0.3, 0.4) is 0 Å². The number of rotatable bonds is 9. The van der Waals surface area contributed by atoms with Crippen molar-refractivity contribution in [2.45, 2.75) is 74.3 Å². The van der Waals surface area contributed by atoms with Gasteiger partial charge in [-0.2, -0.15) is 0 Å². The van der Waals surface area contributed by atoms with Gasteiger partial charge in [-0.1, -0.05) is 48.5 Å². The van der Waals surface area contributed by atoms with Crippen LogP contribution in [0.15, 0.2) is 54.6 Å². The van der Waals surface area contributed by atoms with Gasteiger partial charge in [-0.15, -0.1) is 0 Å². The molecular formula is C28H34O13. The summed E-state index contributed by atoms with van der Waals surface area (Å²) in [4.78, 5) is 26.1. The van der Waals surface area contributed by atoms with Crippen molar-refractivity contribution in [1.82, 2.24) is 0 Å². The van der Waals surface area contributed by atoms with Crippen LogP contribution in [0.5, 0.6) is 0 Å². The third-order valence-corrected chi connectivity index (χ3v) is 7.23. The van der Waals surface area contributed by atoms with Gasteiger partial charge in [0.15, 0.2) is 18.2 Å². The Balaban J connectivity index is 1.52. The zero-order chi connectivity index (χ0) is 29.8. The highest BCUT2D eigenvalue weighted by Crippen LogP contribution is 2.31. The van der Waals surface area contributed by atoms with Crippen LogP contribution in [0.4, 0.5) is 0 Å². The molecule has 2 aromatic carbocycles. The number of hydrogen-bond donors (Lipinski definition) is 7. The normalized spacial score (nSPS) is 34.5. The van der Waals surface area contributed by atoms with E-state index in [1.807, 2.05) is 0 Å². The van der Waals surface area contributed by atoms with E-state index in [1.165, 1.54) is 6.92 Å². The first-order valence-electron chi connectivity index (χ1n) is 13.1. The van der Waals surface area contributed by atoms with Gasteiger partial charge in [0, 0.05) is 11.1 Å². The van der Waals surface area contributed by atoms with Gasteiger partial charge in [0.1, 0.15) is 42.7 Å². The molecule has 0 bridgehead atoms. The summed E-state index contributed by atoms with van der Waals surface area (Å²) in [5.41, 5.74) is 1.23. The number of ether oxygens (including phenoxy) is 4. The van der Waals surface area contributed by atoms with E-state index in [2.05, 4.69) is 0 Å². The molecule has 2 aliphatic rings. The van der Waals surface area contributed by atoms with Crippen LogP contribution in [0.2, 0.25) is 0 Å². The second-order valence-corrected chi connectivity index (χ2v) is 9.98. The summed E-state index contributed by atoms with van der Waals surface area (Å²) in [6.45, 7) is 0.0171. The highest BCUT2D eigenvalue weighted by atomic mass is 16.8. The number of esters is 1. The van der Waals surface area contributed by atoms with Crippen LogP contribution >= 0.6 is 0 Å². The minimum atomic E-state index is -1.85. The van der Waals surface area contributed by atoms with Crippen molar-refractivity contribution in [3.8, 4) is 0 Å². The average molecular weight is 579 g/mol. The molecule has 7 N–H and O–H groups in total. The molecule has 2 fully saturated rings. The van der Waals surface area contributed by atoms with Crippen LogP contribution in [0, 0.1) is 0 Å². The molecule has 0 amide bonds. The highest BCUT2D eigenvalue weighted by molar-refractivity contribution is 6.09. The molecule has 224 valence electrons. The largest absolute Gasteiger partial charge is 0.432 e. The minimum absolute atomic E-state index is 0.250. The topological polar surface area (TPSA) is 213 Å². The molecule has 0 aromatic heterocycles. The number of hydrogen-bond acceptors (Lipinski definition) is 13. The molecule has 13 nitrogen and oxygen atoms in total. The number of ketones is 1. The molecule has 2 aromatic rings. The number of aliphatic hydroxyl groups is 7. The number of carbonyl (C=O) groups excluding carboxylic acids is 2. The van der Waals surface area contributed by atoms with E-state index in [-0.39, 0.29) is 5.78 Å². The predicted molar refractivity (Wildman–Crippen MR) is 137 cm³/mol. The van der Waals surface area contributed by atoms with Crippen molar-refractivity contribution >= 4 is 11.8 Å². The smallest absolute Gasteiger partial charge is 0.315 e. The van der Waals surface area contributed by atoms with Crippen molar-refractivity contribution in [2.75, 3.05) is 13.2 Å². The van der Waals surface area contributed by atoms with E-state index in [0.717, 1.165) is 0 Å². The molecule has 2 saturated heterocycles. The number of carbonyl (C=O) groups is 2. The average Bonchev–Trinajstić information content (AvgIpc) is 3.00. The molecule has 0 spiro atoms. The van der Waals surface area contributed by atoms with Crippen molar-refractivity contribution in [1.29, 1.82) is 0 Å². The summed E-state index contributed by atoms with van der Waals surface area (Å²) in [6.07, 6.45) is -16.7. The van der Waals surface area contributed by atoms with Crippen LogP contribution in [0.25, 0.3) is 0 Å². The molecular weight excluding hydrogens is 544 g/mol. The monoisotopic (exact) mass is 578 g/mol. The maximum atomic E-state index is 13.2. The first-order valence-corrected chi connectivity index (χ1v) is 13.1. The fourth-order valence-corrected chi connectivity index (χ4v) is 4.69. The maximum Gasteiger partial charge on any atom is 0.315 e. The van der Waals surface area contributed by atoms with Crippen molar-refractivity contribution in [2.24, 2.45) is 0 Å². The lowest BCUT2D eigenvalue weighted by Crippen LogP contribution is -2.64. The SMILES string of the molecule is CC(C(=O)OC1OC(CO)C(O)C(O)C1OC1OC(CO)C(O)C(O)C1O)c1cccc(C(=O)c2ccccc2)c1. The van der Waals surface area contributed by atoms with Crippen molar-refractivity contribution in [3.05, 3.63) is 71.3 Å². The minimum Gasteiger partial charge on any atom is -0.432 e. The van der Waals surface area contributed by atoms with Gasteiger partial charge in [0.2, 0.25) is 6.29 Å². The molecule has 11 unspecified atom stereocenters. The second kappa shape index (κ2) is 13.4.